The molecule has 2 amide bonds. The molecule has 0 spiro atoms. The summed E-state index contributed by atoms with van der Waals surface area (Å²) in [5.74, 6) is -1.35. The van der Waals surface area contributed by atoms with Gasteiger partial charge in [0.2, 0.25) is 11.8 Å². The monoisotopic (exact) mass is 277 g/mol. The summed E-state index contributed by atoms with van der Waals surface area (Å²) in [6.45, 7) is 5.99. The summed E-state index contributed by atoms with van der Waals surface area (Å²) in [5.41, 5.74) is -0.170. The fourth-order valence-electron chi connectivity index (χ4n) is 3.39. The van der Waals surface area contributed by atoms with Gasteiger partial charge < -0.3 is 0 Å². The summed E-state index contributed by atoms with van der Waals surface area (Å²) in [6.07, 6.45) is 0.946. The average Bonchev–Trinajstić information content (AvgIpc) is 2.28. The molecule has 4 heteroatoms. The molecule has 3 nitrogen and oxygen atoms in total. The Morgan fingerprint density at radius 2 is 2.00 bits per heavy atom. The van der Waals surface area contributed by atoms with Gasteiger partial charge in [-0.15, -0.1) is 0 Å². The van der Waals surface area contributed by atoms with Crippen LogP contribution in [0.15, 0.2) is 24.3 Å². The van der Waals surface area contributed by atoms with Crippen molar-refractivity contribution in [1.29, 1.82) is 0 Å². The highest BCUT2D eigenvalue weighted by molar-refractivity contribution is 6.02. The highest BCUT2D eigenvalue weighted by Gasteiger charge is 2.47. The molecular weight excluding hydrogens is 257 g/mol. The van der Waals surface area contributed by atoms with Gasteiger partial charge in [-0.3, -0.25) is 14.9 Å². The number of imide groups is 1. The van der Waals surface area contributed by atoms with Crippen molar-refractivity contribution in [1.82, 2.24) is 5.32 Å². The molecule has 1 aliphatic heterocycles. The van der Waals surface area contributed by atoms with E-state index in [0.29, 0.717) is 17.9 Å². The topological polar surface area (TPSA) is 46.2 Å². The summed E-state index contributed by atoms with van der Waals surface area (Å²) >= 11 is 0. The van der Waals surface area contributed by atoms with E-state index in [1.807, 2.05) is 20.8 Å². The van der Waals surface area contributed by atoms with Crippen LogP contribution in [0.4, 0.5) is 4.39 Å². The van der Waals surface area contributed by atoms with Gasteiger partial charge in [0.25, 0.3) is 0 Å². The number of amides is 2. The Labute approximate surface area is 118 Å². The van der Waals surface area contributed by atoms with Crippen molar-refractivity contribution < 1.29 is 14.0 Å². The van der Waals surface area contributed by atoms with E-state index in [1.54, 1.807) is 18.2 Å². The van der Waals surface area contributed by atoms with Gasteiger partial charge in [0.05, 0.1) is 5.92 Å². The van der Waals surface area contributed by atoms with E-state index in [4.69, 9.17) is 0 Å². The van der Waals surface area contributed by atoms with Crippen molar-refractivity contribution in [2.24, 2.45) is 11.3 Å². The highest BCUT2D eigenvalue weighted by atomic mass is 19.1. The van der Waals surface area contributed by atoms with Crippen LogP contribution < -0.4 is 5.32 Å². The van der Waals surface area contributed by atoms with E-state index in [-0.39, 0.29) is 12.3 Å². The van der Waals surface area contributed by atoms with Crippen LogP contribution in [-0.4, -0.2) is 11.8 Å². The average molecular weight is 277 g/mol. The van der Waals surface area contributed by atoms with Gasteiger partial charge in [-0.05, 0) is 23.8 Å². The zero-order valence-electron chi connectivity index (χ0n) is 12.1. The predicted molar refractivity (Wildman–Crippen MR) is 74.5 cm³/mol. The minimum Gasteiger partial charge on any atom is -0.296 e. The third-order valence-corrected chi connectivity index (χ3v) is 3.88. The number of hydrogen-bond donors (Lipinski definition) is 1. The zero-order chi connectivity index (χ0) is 14.9. The number of nitrogens with one attached hydrogen (secondary N) is 1. The maximum Gasteiger partial charge on any atom is 0.234 e. The van der Waals surface area contributed by atoms with Gasteiger partial charge >= 0.3 is 0 Å². The maximum atomic E-state index is 14.1. The summed E-state index contributed by atoms with van der Waals surface area (Å²) in [5, 5.41) is 2.34. The van der Waals surface area contributed by atoms with Crippen LogP contribution in [0.2, 0.25) is 0 Å². The molecule has 0 aromatic heterocycles. The van der Waals surface area contributed by atoms with Crippen molar-refractivity contribution in [3.63, 3.8) is 0 Å². The Morgan fingerprint density at radius 1 is 1.35 bits per heavy atom. The van der Waals surface area contributed by atoms with E-state index in [9.17, 15) is 14.0 Å². The lowest BCUT2D eigenvalue weighted by atomic mass is 9.64. The summed E-state index contributed by atoms with van der Waals surface area (Å²) in [7, 11) is 0. The molecule has 0 bridgehead atoms. The van der Waals surface area contributed by atoms with Gasteiger partial charge in [0, 0.05) is 12.0 Å². The SMILES string of the molecule is CC(C)CC1(C)CC(=O)NC(=O)C1c1ccccc1F. The smallest absolute Gasteiger partial charge is 0.234 e. The van der Waals surface area contributed by atoms with Crippen molar-refractivity contribution >= 4 is 11.8 Å². The number of halogens is 1. The molecule has 1 aliphatic rings. The van der Waals surface area contributed by atoms with E-state index in [1.165, 1.54) is 6.07 Å². The van der Waals surface area contributed by atoms with Crippen LogP contribution in [-0.2, 0) is 9.59 Å². The number of carbonyl (C=O) groups excluding carboxylic acids is 2. The number of benzene rings is 1. The van der Waals surface area contributed by atoms with Gasteiger partial charge in [-0.1, -0.05) is 39.0 Å². The number of hydrogen-bond acceptors (Lipinski definition) is 2. The standard InChI is InChI=1S/C16H20FNO2/c1-10(2)8-16(3)9-13(19)18-15(20)14(16)11-6-4-5-7-12(11)17/h4-7,10,14H,8-9H2,1-3H3,(H,18,19,20). The first-order chi connectivity index (χ1) is 9.33. The van der Waals surface area contributed by atoms with E-state index < -0.39 is 23.1 Å². The molecule has 1 heterocycles. The Hall–Kier alpha value is -1.71. The van der Waals surface area contributed by atoms with Gasteiger partial charge in [0.1, 0.15) is 5.82 Å². The van der Waals surface area contributed by atoms with Crippen LogP contribution in [0, 0.1) is 17.2 Å². The predicted octanol–water partition coefficient (Wildman–Crippen LogP) is 3.01. The van der Waals surface area contributed by atoms with Gasteiger partial charge in [-0.25, -0.2) is 4.39 Å². The molecule has 2 atom stereocenters. The lowest BCUT2D eigenvalue weighted by Gasteiger charge is -2.41. The summed E-state index contributed by atoms with van der Waals surface area (Å²) in [6, 6.07) is 6.31. The molecule has 1 aromatic rings. The largest absolute Gasteiger partial charge is 0.296 e. The molecule has 0 radical (unpaired) electrons. The number of piperidine rings is 1. The second kappa shape index (κ2) is 5.35. The van der Waals surface area contributed by atoms with E-state index in [2.05, 4.69) is 5.32 Å². The molecule has 0 saturated carbocycles. The Morgan fingerprint density at radius 3 is 2.60 bits per heavy atom. The molecule has 1 fully saturated rings. The molecule has 108 valence electrons. The molecule has 1 aromatic carbocycles. The number of rotatable bonds is 3. The third kappa shape index (κ3) is 2.74. The Bertz CT molecular complexity index is 541. The first-order valence-corrected chi connectivity index (χ1v) is 6.91. The van der Waals surface area contributed by atoms with Crippen LogP contribution in [0.5, 0.6) is 0 Å². The lowest BCUT2D eigenvalue weighted by Crippen LogP contribution is -2.50. The third-order valence-electron chi connectivity index (χ3n) is 3.88. The summed E-state index contributed by atoms with van der Waals surface area (Å²) in [4.78, 5) is 24.0. The first-order valence-electron chi connectivity index (χ1n) is 6.91. The van der Waals surface area contributed by atoms with Crippen molar-refractivity contribution in [3.8, 4) is 0 Å². The van der Waals surface area contributed by atoms with E-state index in [0.717, 1.165) is 0 Å². The fraction of sp³-hybridized carbons (Fsp3) is 0.500. The minimum absolute atomic E-state index is 0.246. The lowest BCUT2D eigenvalue weighted by molar-refractivity contribution is -0.140. The van der Waals surface area contributed by atoms with Crippen LogP contribution in [0.3, 0.4) is 0 Å². The molecule has 0 aliphatic carbocycles. The van der Waals surface area contributed by atoms with E-state index >= 15 is 0 Å². The quantitative estimate of drug-likeness (QED) is 0.863. The molecule has 2 unspecified atom stereocenters. The zero-order valence-corrected chi connectivity index (χ0v) is 12.1. The summed E-state index contributed by atoms with van der Waals surface area (Å²) < 4.78 is 14.1. The molecule has 2 rings (SSSR count). The van der Waals surface area contributed by atoms with Crippen molar-refractivity contribution in [3.05, 3.63) is 35.6 Å². The molecule has 20 heavy (non-hydrogen) atoms. The molecule has 1 N–H and O–H groups in total. The van der Waals surface area contributed by atoms with Crippen molar-refractivity contribution in [2.75, 3.05) is 0 Å². The Balaban J connectivity index is 2.47. The Kier molecular flexibility index (Phi) is 3.93. The second-order valence-corrected chi connectivity index (χ2v) is 6.30. The molecule has 1 saturated heterocycles. The fourth-order valence-corrected chi connectivity index (χ4v) is 3.39. The van der Waals surface area contributed by atoms with Crippen LogP contribution >= 0.6 is 0 Å². The van der Waals surface area contributed by atoms with Crippen LogP contribution in [0.25, 0.3) is 0 Å². The number of carbonyl (C=O) groups is 2. The van der Waals surface area contributed by atoms with Crippen LogP contribution in [0.1, 0.15) is 45.1 Å². The minimum atomic E-state index is -0.621. The second-order valence-electron chi connectivity index (χ2n) is 6.30. The van der Waals surface area contributed by atoms with Crippen molar-refractivity contribution in [2.45, 2.75) is 39.5 Å². The first kappa shape index (κ1) is 14.7. The normalized spacial score (nSPS) is 26.8. The van der Waals surface area contributed by atoms with Gasteiger partial charge in [-0.2, -0.15) is 0 Å². The van der Waals surface area contributed by atoms with Gasteiger partial charge in [0.15, 0.2) is 0 Å². The molecular formula is C16H20FNO2. The highest BCUT2D eigenvalue weighted by Crippen LogP contribution is 2.46. The maximum absolute atomic E-state index is 14.1.